The van der Waals surface area contributed by atoms with Crippen molar-refractivity contribution in [1.82, 2.24) is 4.98 Å². The first-order valence-electron chi connectivity index (χ1n) is 7.50. The lowest BCUT2D eigenvalue weighted by Crippen LogP contribution is -2.04. The van der Waals surface area contributed by atoms with Gasteiger partial charge in [-0.1, -0.05) is 13.0 Å². The Labute approximate surface area is 134 Å². The predicted molar refractivity (Wildman–Crippen MR) is 89.9 cm³/mol. The smallest absolute Gasteiger partial charge is 0.348 e. The quantitative estimate of drug-likeness (QED) is 0.764. The second kappa shape index (κ2) is 6.44. The molecule has 4 heteroatoms. The van der Waals surface area contributed by atoms with Crippen LogP contribution in [-0.4, -0.2) is 18.1 Å². The molecule has 0 saturated carbocycles. The van der Waals surface area contributed by atoms with Crippen molar-refractivity contribution in [2.75, 3.05) is 7.11 Å². The third kappa shape index (κ3) is 2.83. The molecule has 3 rings (SSSR count). The van der Waals surface area contributed by atoms with Gasteiger partial charge in [0.1, 0.15) is 4.88 Å². The van der Waals surface area contributed by atoms with Crippen LogP contribution in [0.5, 0.6) is 0 Å². The number of rotatable bonds is 3. The van der Waals surface area contributed by atoms with E-state index in [-0.39, 0.29) is 5.97 Å². The Morgan fingerprint density at radius 2 is 2.18 bits per heavy atom. The molecule has 1 unspecified atom stereocenters. The molecule has 2 aromatic rings. The van der Waals surface area contributed by atoms with E-state index in [0.717, 1.165) is 35.4 Å². The van der Waals surface area contributed by atoms with E-state index in [9.17, 15) is 4.79 Å². The van der Waals surface area contributed by atoms with Crippen LogP contribution in [0.2, 0.25) is 0 Å². The first kappa shape index (κ1) is 15.0. The highest BCUT2D eigenvalue weighted by Crippen LogP contribution is 2.37. The monoisotopic (exact) mass is 313 g/mol. The van der Waals surface area contributed by atoms with E-state index >= 15 is 0 Å². The van der Waals surface area contributed by atoms with Crippen LogP contribution in [-0.2, 0) is 4.74 Å². The normalized spacial score (nSPS) is 17.9. The van der Waals surface area contributed by atoms with Gasteiger partial charge < -0.3 is 4.74 Å². The molecule has 0 N–H and O–H groups in total. The van der Waals surface area contributed by atoms with E-state index in [1.54, 1.807) is 6.20 Å². The molecule has 0 aliphatic heterocycles. The number of aromatic nitrogens is 1. The number of thiophene rings is 1. The highest BCUT2D eigenvalue weighted by atomic mass is 32.1. The molecule has 0 saturated heterocycles. The number of carbonyl (C=O) groups excluding carboxylic acids is 1. The van der Waals surface area contributed by atoms with E-state index in [4.69, 9.17) is 4.74 Å². The molecular formula is C18H19NO2S. The topological polar surface area (TPSA) is 39.2 Å². The molecule has 2 aromatic heterocycles. The van der Waals surface area contributed by atoms with Crippen molar-refractivity contribution in [3.63, 3.8) is 0 Å². The lowest BCUT2D eigenvalue weighted by atomic mass is 9.85. The van der Waals surface area contributed by atoms with Gasteiger partial charge in [0, 0.05) is 23.5 Å². The van der Waals surface area contributed by atoms with E-state index in [0.29, 0.717) is 4.88 Å². The molecule has 22 heavy (non-hydrogen) atoms. The number of hydrogen-bond acceptors (Lipinski definition) is 4. The van der Waals surface area contributed by atoms with Crippen molar-refractivity contribution < 1.29 is 9.53 Å². The van der Waals surface area contributed by atoms with E-state index in [1.165, 1.54) is 30.4 Å². The Kier molecular flexibility index (Phi) is 4.39. The second-order valence-electron chi connectivity index (χ2n) is 5.69. The predicted octanol–water partition coefficient (Wildman–Crippen LogP) is 4.80. The first-order chi connectivity index (χ1) is 10.7. The minimum Gasteiger partial charge on any atom is -0.465 e. The molecule has 114 valence electrons. The summed E-state index contributed by atoms with van der Waals surface area (Å²) < 4.78 is 4.90. The van der Waals surface area contributed by atoms with Crippen molar-refractivity contribution in [1.29, 1.82) is 0 Å². The summed E-state index contributed by atoms with van der Waals surface area (Å²) in [7, 11) is 1.42. The summed E-state index contributed by atoms with van der Waals surface area (Å²) in [6, 6.07) is 3.98. The Hall–Kier alpha value is -1.94. The Morgan fingerprint density at radius 1 is 1.32 bits per heavy atom. The van der Waals surface area contributed by atoms with Crippen LogP contribution in [0.1, 0.15) is 41.4 Å². The maximum Gasteiger partial charge on any atom is 0.348 e. The molecule has 0 spiro atoms. The van der Waals surface area contributed by atoms with Gasteiger partial charge in [-0.25, -0.2) is 4.79 Å². The summed E-state index contributed by atoms with van der Waals surface area (Å²) in [6.45, 7) is 2.28. The van der Waals surface area contributed by atoms with E-state index in [1.807, 2.05) is 23.7 Å². The fourth-order valence-electron chi connectivity index (χ4n) is 2.87. The average molecular weight is 313 g/mol. The summed E-state index contributed by atoms with van der Waals surface area (Å²) in [5.74, 6) is 0.467. The number of allylic oxidation sites excluding steroid dienone is 2. The van der Waals surface area contributed by atoms with Crippen LogP contribution in [0.3, 0.4) is 0 Å². The fourth-order valence-corrected chi connectivity index (χ4v) is 3.69. The zero-order chi connectivity index (χ0) is 15.5. The van der Waals surface area contributed by atoms with Gasteiger partial charge in [0.2, 0.25) is 0 Å². The SMILES string of the molecule is COC(=O)c1sccc1-c1ccncc1C1=CCC(C)CC1. The van der Waals surface area contributed by atoms with Gasteiger partial charge >= 0.3 is 5.97 Å². The average Bonchev–Trinajstić information content (AvgIpc) is 3.04. The third-order valence-corrected chi connectivity index (χ3v) is 5.06. The lowest BCUT2D eigenvalue weighted by molar-refractivity contribution is 0.0607. The van der Waals surface area contributed by atoms with Crippen LogP contribution >= 0.6 is 11.3 Å². The second-order valence-corrected chi connectivity index (χ2v) is 6.60. The van der Waals surface area contributed by atoms with Gasteiger partial charge in [0.25, 0.3) is 0 Å². The summed E-state index contributed by atoms with van der Waals surface area (Å²) in [4.78, 5) is 16.9. The van der Waals surface area contributed by atoms with Gasteiger partial charge in [0.05, 0.1) is 7.11 Å². The minimum atomic E-state index is -0.279. The van der Waals surface area contributed by atoms with Crippen LogP contribution in [0.25, 0.3) is 16.7 Å². The number of ether oxygens (including phenoxy) is 1. The van der Waals surface area contributed by atoms with E-state index in [2.05, 4.69) is 18.0 Å². The van der Waals surface area contributed by atoms with Gasteiger partial charge in [-0.15, -0.1) is 11.3 Å². The van der Waals surface area contributed by atoms with Gasteiger partial charge in [-0.2, -0.15) is 0 Å². The minimum absolute atomic E-state index is 0.279. The molecule has 3 nitrogen and oxygen atoms in total. The van der Waals surface area contributed by atoms with Crippen LogP contribution in [0.15, 0.2) is 36.0 Å². The molecule has 0 bridgehead atoms. The van der Waals surface area contributed by atoms with E-state index < -0.39 is 0 Å². The third-order valence-electron chi connectivity index (χ3n) is 4.17. The van der Waals surface area contributed by atoms with Crippen molar-refractivity contribution in [2.24, 2.45) is 5.92 Å². The molecule has 1 aliphatic carbocycles. The molecule has 0 fully saturated rings. The molecule has 2 heterocycles. The lowest BCUT2D eigenvalue weighted by Gasteiger charge is -2.20. The Balaban J connectivity index is 2.06. The standard InChI is InChI=1S/C18H19NO2S/c1-12-3-5-13(6-4-12)16-11-19-9-7-14(16)15-8-10-22-17(15)18(20)21-2/h5,7-12H,3-4,6H2,1-2H3. The summed E-state index contributed by atoms with van der Waals surface area (Å²) in [5.41, 5.74) is 4.48. The summed E-state index contributed by atoms with van der Waals surface area (Å²) in [5, 5.41) is 1.93. The fraction of sp³-hybridized carbons (Fsp3) is 0.333. The zero-order valence-electron chi connectivity index (χ0n) is 12.8. The van der Waals surface area contributed by atoms with Crippen LogP contribution in [0, 0.1) is 5.92 Å². The Morgan fingerprint density at radius 3 is 2.91 bits per heavy atom. The number of nitrogens with zero attached hydrogens (tertiary/aromatic N) is 1. The Bertz CT molecular complexity index is 717. The number of esters is 1. The maximum atomic E-state index is 12.0. The van der Waals surface area contributed by atoms with Gasteiger partial charge in [-0.3, -0.25) is 4.98 Å². The largest absolute Gasteiger partial charge is 0.465 e. The van der Waals surface area contributed by atoms with Crippen molar-refractivity contribution in [3.05, 3.63) is 46.4 Å². The first-order valence-corrected chi connectivity index (χ1v) is 8.38. The molecule has 0 amide bonds. The number of pyridine rings is 1. The van der Waals surface area contributed by atoms with Crippen LogP contribution < -0.4 is 0 Å². The summed E-state index contributed by atoms with van der Waals surface area (Å²) >= 11 is 1.42. The maximum absolute atomic E-state index is 12.0. The number of carbonyl (C=O) groups is 1. The molecule has 1 aliphatic rings. The van der Waals surface area contributed by atoms with Crippen molar-refractivity contribution in [3.8, 4) is 11.1 Å². The van der Waals surface area contributed by atoms with Crippen LogP contribution in [0.4, 0.5) is 0 Å². The highest BCUT2D eigenvalue weighted by molar-refractivity contribution is 7.12. The highest BCUT2D eigenvalue weighted by Gasteiger charge is 2.20. The molecular weight excluding hydrogens is 294 g/mol. The van der Waals surface area contributed by atoms with Gasteiger partial charge in [-0.05, 0) is 53.8 Å². The molecule has 1 atom stereocenters. The number of methoxy groups -OCH3 is 1. The van der Waals surface area contributed by atoms with Gasteiger partial charge in [0.15, 0.2) is 0 Å². The number of hydrogen-bond donors (Lipinski definition) is 0. The summed E-state index contributed by atoms with van der Waals surface area (Å²) in [6.07, 6.45) is 9.39. The van der Waals surface area contributed by atoms with Crippen molar-refractivity contribution >= 4 is 22.9 Å². The zero-order valence-corrected chi connectivity index (χ0v) is 13.7. The molecule has 0 radical (unpaired) electrons. The molecule has 0 aromatic carbocycles. The van der Waals surface area contributed by atoms with Crippen molar-refractivity contribution in [2.45, 2.75) is 26.2 Å².